The monoisotopic (exact) mass is 544 g/mol. The molecule has 0 atom stereocenters. The lowest BCUT2D eigenvalue weighted by atomic mass is 10.1. The number of oxazole rings is 2. The zero-order valence-electron chi connectivity index (χ0n) is 22.2. The highest BCUT2D eigenvalue weighted by atomic mass is 16.3. The number of amides is 2. The molecule has 10 nitrogen and oxygen atoms in total. The number of benzene rings is 2. The van der Waals surface area contributed by atoms with Gasteiger partial charge in [-0.05, 0) is 61.1 Å². The van der Waals surface area contributed by atoms with Gasteiger partial charge in [-0.1, -0.05) is 24.3 Å². The number of aliphatic hydroxyl groups excluding tert-OH is 2. The zero-order valence-corrected chi connectivity index (χ0v) is 22.2. The molecule has 2 aliphatic rings. The quantitative estimate of drug-likeness (QED) is 0.370. The number of hydrogen-bond acceptors (Lipinski definition) is 8. The number of carbonyl (C=O) groups is 2. The Hall–Kier alpha value is -4.28. The molecule has 2 saturated heterocycles. The predicted molar refractivity (Wildman–Crippen MR) is 146 cm³/mol. The number of likely N-dealkylation sites (tertiary alicyclic amines) is 2. The summed E-state index contributed by atoms with van der Waals surface area (Å²) in [6, 6.07) is 14.5. The Bertz CT molecular complexity index is 1310. The van der Waals surface area contributed by atoms with Gasteiger partial charge in [-0.25, -0.2) is 9.97 Å². The molecular weight excluding hydrogens is 512 g/mol. The number of hydrogen-bond donors (Lipinski definition) is 2. The Morgan fingerprint density at radius 2 is 0.975 bits per heavy atom. The van der Waals surface area contributed by atoms with E-state index < -0.39 is 0 Å². The summed E-state index contributed by atoms with van der Waals surface area (Å²) in [5.41, 5.74) is 3.95. The third kappa shape index (κ3) is 6.30. The normalized spacial score (nSPS) is 14.8. The Labute approximate surface area is 231 Å². The molecule has 0 unspecified atom stereocenters. The fourth-order valence-corrected chi connectivity index (χ4v) is 4.68. The van der Waals surface area contributed by atoms with E-state index in [9.17, 15) is 9.59 Å². The van der Waals surface area contributed by atoms with Crippen molar-refractivity contribution in [1.29, 1.82) is 0 Å². The van der Waals surface area contributed by atoms with E-state index in [0.29, 0.717) is 23.2 Å². The molecule has 10 heteroatoms. The molecule has 0 saturated carbocycles. The van der Waals surface area contributed by atoms with Crippen molar-refractivity contribution in [2.24, 2.45) is 0 Å². The molecule has 4 aromatic rings. The maximum absolute atomic E-state index is 12.2. The van der Waals surface area contributed by atoms with Gasteiger partial charge in [0, 0.05) is 37.3 Å². The molecule has 2 fully saturated rings. The lowest BCUT2D eigenvalue weighted by Crippen LogP contribution is -2.27. The number of aliphatic hydroxyl groups is 2. The molecule has 4 heterocycles. The summed E-state index contributed by atoms with van der Waals surface area (Å²) in [4.78, 5) is 36.4. The summed E-state index contributed by atoms with van der Waals surface area (Å²) in [5.74, 6) is 0.725. The van der Waals surface area contributed by atoms with Crippen LogP contribution in [0, 0.1) is 0 Å². The van der Waals surface area contributed by atoms with E-state index in [1.165, 1.54) is 12.5 Å². The number of rotatable bonds is 6. The third-order valence-corrected chi connectivity index (χ3v) is 7.00. The maximum Gasteiger partial charge on any atom is 0.275 e. The van der Waals surface area contributed by atoms with E-state index in [0.717, 1.165) is 74.1 Å². The van der Waals surface area contributed by atoms with Gasteiger partial charge in [0.05, 0.1) is 13.2 Å². The molecular formula is C30H32N4O6. The van der Waals surface area contributed by atoms with Crippen molar-refractivity contribution in [3.05, 3.63) is 83.6 Å². The van der Waals surface area contributed by atoms with Crippen LogP contribution in [-0.4, -0.2) is 68.0 Å². The average Bonchev–Trinajstić information content (AvgIpc) is 3.84. The molecule has 40 heavy (non-hydrogen) atoms. The zero-order chi connectivity index (χ0) is 27.9. The maximum atomic E-state index is 12.2. The van der Waals surface area contributed by atoms with Crippen molar-refractivity contribution in [1.82, 2.24) is 19.8 Å². The van der Waals surface area contributed by atoms with Crippen LogP contribution < -0.4 is 0 Å². The molecule has 2 aromatic carbocycles. The van der Waals surface area contributed by atoms with Crippen LogP contribution in [0.3, 0.4) is 0 Å². The highest BCUT2D eigenvalue weighted by Crippen LogP contribution is 2.22. The van der Waals surface area contributed by atoms with Crippen molar-refractivity contribution in [2.45, 2.75) is 38.9 Å². The van der Waals surface area contributed by atoms with Gasteiger partial charge in [0.1, 0.15) is 12.5 Å². The second-order valence-corrected chi connectivity index (χ2v) is 9.78. The standard InChI is InChI=1S/2C15H16N2O3/c2*18-9-11-3-5-12(6-4-11)14-16-13(10-20-14)15(19)17-7-1-2-8-17/h2*3-6,10,18H,1-2,7-9H2. The second-order valence-electron chi connectivity index (χ2n) is 9.78. The minimum absolute atomic E-state index is 0.00452. The lowest BCUT2D eigenvalue weighted by Gasteiger charge is -2.12. The van der Waals surface area contributed by atoms with Gasteiger partial charge in [-0.2, -0.15) is 0 Å². The van der Waals surface area contributed by atoms with Crippen LogP contribution in [-0.2, 0) is 13.2 Å². The lowest BCUT2D eigenvalue weighted by molar-refractivity contribution is 0.0779. The summed E-state index contributed by atoms with van der Waals surface area (Å²) in [7, 11) is 0. The summed E-state index contributed by atoms with van der Waals surface area (Å²) in [5, 5.41) is 18.0. The van der Waals surface area contributed by atoms with Crippen molar-refractivity contribution in [3.8, 4) is 22.9 Å². The van der Waals surface area contributed by atoms with Crippen LogP contribution in [0.2, 0.25) is 0 Å². The van der Waals surface area contributed by atoms with Crippen molar-refractivity contribution in [2.75, 3.05) is 26.2 Å². The summed E-state index contributed by atoms with van der Waals surface area (Å²) < 4.78 is 10.8. The first-order chi connectivity index (χ1) is 19.6. The van der Waals surface area contributed by atoms with Crippen LogP contribution in [0.5, 0.6) is 0 Å². The molecule has 0 bridgehead atoms. The molecule has 2 N–H and O–H groups in total. The van der Waals surface area contributed by atoms with Crippen LogP contribution in [0.1, 0.15) is 57.8 Å². The first kappa shape index (κ1) is 27.3. The highest BCUT2D eigenvalue weighted by molar-refractivity contribution is 5.93. The number of nitrogens with zero attached hydrogens (tertiary/aromatic N) is 4. The van der Waals surface area contributed by atoms with Gasteiger partial charge < -0.3 is 28.8 Å². The molecule has 0 aliphatic carbocycles. The fraction of sp³-hybridized carbons (Fsp3) is 0.333. The van der Waals surface area contributed by atoms with Crippen molar-refractivity contribution in [3.63, 3.8) is 0 Å². The van der Waals surface area contributed by atoms with E-state index in [4.69, 9.17) is 19.0 Å². The van der Waals surface area contributed by atoms with Gasteiger partial charge in [-0.15, -0.1) is 0 Å². The molecule has 2 aromatic heterocycles. The number of carbonyl (C=O) groups excluding carboxylic acids is 2. The van der Waals surface area contributed by atoms with Crippen LogP contribution >= 0.6 is 0 Å². The Balaban J connectivity index is 0.000000161. The van der Waals surface area contributed by atoms with Gasteiger partial charge in [-0.3, -0.25) is 9.59 Å². The van der Waals surface area contributed by atoms with Crippen molar-refractivity contribution >= 4 is 11.8 Å². The van der Waals surface area contributed by atoms with Gasteiger partial charge in [0.15, 0.2) is 11.4 Å². The predicted octanol–water partition coefficient (Wildman–Crippen LogP) is 4.14. The Kier molecular flexibility index (Phi) is 8.68. The van der Waals surface area contributed by atoms with Gasteiger partial charge >= 0.3 is 0 Å². The molecule has 2 amide bonds. The summed E-state index contributed by atoms with van der Waals surface area (Å²) in [6.07, 6.45) is 7.04. The highest BCUT2D eigenvalue weighted by Gasteiger charge is 2.24. The first-order valence-electron chi connectivity index (χ1n) is 13.5. The molecule has 208 valence electrons. The van der Waals surface area contributed by atoms with E-state index in [1.54, 1.807) is 9.80 Å². The second kappa shape index (κ2) is 12.7. The summed E-state index contributed by atoms with van der Waals surface area (Å²) in [6.45, 7) is 3.20. The molecule has 0 spiro atoms. The fourth-order valence-electron chi connectivity index (χ4n) is 4.68. The van der Waals surface area contributed by atoms with Crippen LogP contribution in [0.25, 0.3) is 22.9 Å². The SMILES string of the molecule is O=C(c1coc(-c2ccc(CO)cc2)n1)N1CCCC1.O=C(c1coc(-c2ccc(CO)cc2)n1)N1CCCC1. The summed E-state index contributed by atoms with van der Waals surface area (Å²) >= 11 is 0. The first-order valence-corrected chi connectivity index (χ1v) is 13.5. The minimum atomic E-state index is -0.0653. The average molecular weight is 545 g/mol. The van der Waals surface area contributed by atoms with E-state index in [2.05, 4.69) is 9.97 Å². The smallest absolute Gasteiger partial charge is 0.275 e. The number of aromatic nitrogens is 2. The largest absolute Gasteiger partial charge is 0.444 e. The Morgan fingerprint density at radius 3 is 1.30 bits per heavy atom. The van der Waals surface area contributed by atoms with E-state index in [-0.39, 0.29) is 25.0 Å². The van der Waals surface area contributed by atoms with E-state index >= 15 is 0 Å². The van der Waals surface area contributed by atoms with Gasteiger partial charge in [0.25, 0.3) is 11.8 Å². The topological polar surface area (TPSA) is 133 Å². The van der Waals surface area contributed by atoms with Crippen LogP contribution in [0.15, 0.2) is 69.9 Å². The molecule has 6 rings (SSSR count). The Morgan fingerprint density at radius 1 is 0.625 bits per heavy atom. The minimum Gasteiger partial charge on any atom is -0.444 e. The molecule has 2 aliphatic heterocycles. The van der Waals surface area contributed by atoms with Crippen LogP contribution in [0.4, 0.5) is 0 Å². The molecule has 0 radical (unpaired) electrons. The van der Waals surface area contributed by atoms with Crippen molar-refractivity contribution < 1.29 is 28.6 Å². The third-order valence-electron chi connectivity index (χ3n) is 7.00. The van der Waals surface area contributed by atoms with Gasteiger partial charge in [0.2, 0.25) is 11.8 Å². The van der Waals surface area contributed by atoms with E-state index in [1.807, 2.05) is 48.5 Å².